The van der Waals surface area contributed by atoms with E-state index in [-0.39, 0.29) is 5.91 Å². The molecule has 28 heavy (non-hydrogen) atoms. The Bertz CT molecular complexity index is 852. The lowest BCUT2D eigenvalue weighted by molar-refractivity contribution is 0.0954. The number of hydrogen-bond acceptors (Lipinski definition) is 5. The minimum Gasteiger partial charge on any atom is -0.493 e. The molecule has 2 rings (SSSR count). The zero-order chi connectivity index (χ0) is 20.4. The van der Waals surface area contributed by atoms with Crippen molar-refractivity contribution < 1.29 is 19.0 Å². The van der Waals surface area contributed by atoms with Gasteiger partial charge in [-0.1, -0.05) is 31.2 Å². The van der Waals surface area contributed by atoms with Gasteiger partial charge in [0.25, 0.3) is 5.91 Å². The summed E-state index contributed by atoms with van der Waals surface area (Å²) >= 11 is 6.18. The van der Waals surface area contributed by atoms with E-state index in [0.717, 1.165) is 12.0 Å². The van der Waals surface area contributed by atoms with E-state index in [1.54, 1.807) is 42.5 Å². The van der Waals surface area contributed by atoms with Crippen LogP contribution in [0.25, 0.3) is 0 Å². The highest BCUT2D eigenvalue weighted by Gasteiger charge is 2.10. The number of nitrogens with zero attached hydrogens (tertiary/aromatic N) is 1. The molecule has 6 nitrogen and oxygen atoms in total. The second-order valence-corrected chi connectivity index (χ2v) is 6.11. The zero-order valence-electron chi connectivity index (χ0n) is 15.9. The van der Waals surface area contributed by atoms with Crippen molar-refractivity contribution in [2.45, 2.75) is 13.3 Å². The summed E-state index contributed by atoms with van der Waals surface area (Å²) < 4.78 is 16.2. The minimum absolute atomic E-state index is 0.344. The molecule has 148 valence electrons. The number of nitrogens with one attached hydrogen (secondary N) is 1. The van der Waals surface area contributed by atoms with E-state index in [0.29, 0.717) is 41.0 Å². The van der Waals surface area contributed by atoms with Gasteiger partial charge in [-0.05, 0) is 48.4 Å². The van der Waals surface area contributed by atoms with Gasteiger partial charge in [0.2, 0.25) is 0 Å². The van der Waals surface area contributed by atoms with E-state index in [4.69, 9.17) is 25.8 Å². The summed E-state index contributed by atoms with van der Waals surface area (Å²) in [7, 11) is 1.51. The molecular weight excluding hydrogens is 380 g/mol. The van der Waals surface area contributed by atoms with Gasteiger partial charge in [0.1, 0.15) is 12.4 Å². The molecule has 0 radical (unpaired) electrons. The highest BCUT2D eigenvalue weighted by atomic mass is 35.5. The van der Waals surface area contributed by atoms with Gasteiger partial charge >= 0.3 is 0 Å². The van der Waals surface area contributed by atoms with Crippen molar-refractivity contribution in [2.75, 3.05) is 20.3 Å². The smallest absolute Gasteiger partial charge is 0.271 e. The maximum absolute atomic E-state index is 12.3. The first kappa shape index (κ1) is 21.3. The summed E-state index contributed by atoms with van der Waals surface area (Å²) in [6.07, 6.45) is 4.04. The van der Waals surface area contributed by atoms with Gasteiger partial charge in [0.05, 0.1) is 25.0 Å². The molecule has 0 fully saturated rings. The van der Waals surface area contributed by atoms with Gasteiger partial charge in [0.15, 0.2) is 11.5 Å². The number of halogens is 1. The topological polar surface area (TPSA) is 69.2 Å². The maximum Gasteiger partial charge on any atom is 0.271 e. The number of ether oxygens (including phenoxy) is 3. The Balaban J connectivity index is 2.01. The predicted molar refractivity (Wildman–Crippen MR) is 111 cm³/mol. The summed E-state index contributed by atoms with van der Waals surface area (Å²) in [5.41, 5.74) is 3.60. The fraction of sp³-hybridized carbons (Fsp3) is 0.238. The Morgan fingerprint density at radius 1 is 1.18 bits per heavy atom. The van der Waals surface area contributed by atoms with Crippen LogP contribution in [0, 0.1) is 0 Å². The average molecular weight is 403 g/mol. The molecule has 1 N–H and O–H groups in total. The molecule has 0 aliphatic heterocycles. The van der Waals surface area contributed by atoms with Gasteiger partial charge in [-0.2, -0.15) is 5.10 Å². The average Bonchev–Trinajstić information content (AvgIpc) is 2.71. The first-order valence-electron chi connectivity index (χ1n) is 8.76. The molecule has 0 spiro atoms. The van der Waals surface area contributed by atoms with E-state index in [9.17, 15) is 4.79 Å². The standard InChI is InChI=1S/C21H23ClN2O4/c1-4-10-27-18-8-6-15(12-17(18)22)14-23-24-21(25)16-7-9-19(28-11-5-2)20(13-16)26-3/h5-9,12-14H,2,4,10-11H2,1,3H3,(H,24,25)/b23-14+. The number of carbonyl (C=O) groups is 1. The van der Waals surface area contributed by atoms with E-state index >= 15 is 0 Å². The Morgan fingerprint density at radius 3 is 2.64 bits per heavy atom. The summed E-state index contributed by atoms with van der Waals surface area (Å²) in [5.74, 6) is 1.23. The van der Waals surface area contributed by atoms with Gasteiger partial charge in [0, 0.05) is 5.56 Å². The van der Waals surface area contributed by atoms with Gasteiger partial charge < -0.3 is 14.2 Å². The van der Waals surface area contributed by atoms with Crippen molar-refractivity contribution in [2.24, 2.45) is 5.10 Å². The Hall–Kier alpha value is -2.99. The number of methoxy groups -OCH3 is 1. The second kappa shape index (κ2) is 11.0. The number of benzene rings is 2. The van der Waals surface area contributed by atoms with Crippen molar-refractivity contribution in [3.63, 3.8) is 0 Å². The molecule has 0 aliphatic rings. The van der Waals surface area contributed by atoms with Crippen LogP contribution in [0.15, 0.2) is 54.2 Å². The van der Waals surface area contributed by atoms with Crippen LogP contribution in [0.2, 0.25) is 5.02 Å². The van der Waals surface area contributed by atoms with Crippen LogP contribution in [0.1, 0.15) is 29.3 Å². The molecule has 1 amide bonds. The third-order valence-corrected chi connectivity index (χ3v) is 3.88. The third-order valence-electron chi connectivity index (χ3n) is 3.58. The SMILES string of the molecule is C=CCOc1ccc(C(=O)N/N=C/c2ccc(OCCC)c(Cl)c2)cc1OC. The fourth-order valence-corrected chi connectivity index (χ4v) is 2.48. The van der Waals surface area contributed by atoms with Crippen molar-refractivity contribution in [1.29, 1.82) is 0 Å². The first-order chi connectivity index (χ1) is 13.6. The second-order valence-electron chi connectivity index (χ2n) is 5.70. The largest absolute Gasteiger partial charge is 0.493 e. The molecule has 0 aromatic heterocycles. The lowest BCUT2D eigenvalue weighted by Crippen LogP contribution is -2.17. The Kier molecular flexibility index (Phi) is 8.37. The third kappa shape index (κ3) is 6.03. The van der Waals surface area contributed by atoms with Crippen LogP contribution in [-0.2, 0) is 0 Å². The van der Waals surface area contributed by atoms with Crippen LogP contribution in [0.5, 0.6) is 17.2 Å². The van der Waals surface area contributed by atoms with Crippen LogP contribution < -0.4 is 19.6 Å². The normalized spacial score (nSPS) is 10.5. The fourth-order valence-electron chi connectivity index (χ4n) is 2.23. The zero-order valence-corrected chi connectivity index (χ0v) is 16.7. The van der Waals surface area contributed by atoms with Crippen LogP contribution in [0.4, 0.5) is 0 Å². The van der Waals surface area contributed by atoms with Gasteiger partial charge in [-0.3, -0.25) is 4.79 Å². The van der Waals surface area contributed by atoms with Crippen LogP contribution in [0.3, 0.4) is 0 Å². The summed E-state index contributed by atoms with van der Waals surface area (Å²) in [5, 5.41) is 4.46. The lowest BCUT2D eigenvalue weighted by Gasteiger charge is -2.10. The Labute approximate surface area is 169 Å². The highest BCUT2D eigenvalue weighted by molar-refractivity contribution is 6.32. The quantitative estimate of drug-likeness (QED) is 0.361. The number of hydrazone groups is 1. The number of amides is 1. The monoisotopic (exact) mass is 402 g/mol. The number of hydrogen-bond donors (Lipinski definition) is 1. The van der Waals surface area contributed by atoms with E-state index in [2.05, 4.69) is 17.1 Å². The minimum atomic E-state index is -0.376. The van der Waals surface area contributed by atoms with E-state index in [1.165, 1.54) is 13.3 Å². The van der Waals surface area contributed by atoms with Crippen LogP contribution >= 0.6 is 11.6 Å². The lowest BCUT2D eigenvalue weighted by atomic mass is 10.2. The summed E-state index contributed by atoms with van der Waals surface area (Å²) in [6, 6.07) is 10.2. The van der Waals surface area contributed by atoms with Crippen LogP contribution in [-0.4, -0.2) is 32.4 Å². The van der Waals surface area contributed by atoms with Gasteiger partial charge in [-0.15, -0.1) is 0 Å². The molecular formula is C21H23ClN2O4. The number of rotatable bonds is 10. The summed E-state index contributed by atoms with van der Waals surface area (Å²) in [4.78, 5) is 12.3. The van der Waals surface area contributed by atoms with Crippen molar-refractivity contribution in [3.05, 3.63) is 65.2 Å². The van der Waals surface area contributed by atoms with Crippen molar-refractivity contribution in [3.8, 4) is 17.2 Å². The molecule has 0 bridgehead atoms. The molecule has 0 aliphatic carbocycles. The molecule has 2 aromatic carbocycles. The van der Waals surface area contributed by atoms with Crippen molar-refractivity contribution in [1.82, 2.24) is 5.43 Å². The predicted octanol–water partition coefficient (Wildman–Crippen LogP) is 4.47. The number of carbonyl (C=O) groups excluding carboxylic acids is 1. The molecule has 0 heterocycles. The van der Waals surface area contributed by atoms with Gasteiger partial charge in [-0.25, -0.2) is 5.43 Å². The Morgan fingerprint density at radius 2 is 1.96 bits per heavy atom. The van der Waals surface area contributed by atoms with E-state index < -0.39 is 0 Å². The van der Waals surface area contributed by atoms with Crippen molar-refractivity contribution >= 4 is 23.7 Å². The first-order valence-corrected chi connectivity index (χ1v) is 9.14. The molecule has 0 saturated heterocycles. The van der Waals surface area contributed by atoms with E-state index in [1.807, 2.05) is 6.92 Å². The molecule has 0 saturated carbocycles. The molecule has 0 atom stereocenters. The maximum atomic E-state index is 12.3. The summed E-state index contributed by atoms with van der Waals surface area (Å²) in [6.45, 7) is 6.57. The molecule has 7 heteroatoms. The highest BCUT2D eigenvalue weighted by Crippen LogP contribution is 2.28. The molecule has 0 unspecified atom stereocenters. The molecule has 2 aromatic rings.